The van der Waals surface area contributed by atoms with Crippen molar-refractivity contribution in [2.24, 2.45) is 0 Å². The van der Waals surface area contributed by atoms with Crippen LogP contribution in [0.4, 0.5) is 0 Å². The van der Waals surface area contributed by atoms with Gasteiger partial charge in [-0.25, -0.2) is 4.98 Å². The largest absolute Gasteiger partial charge is 0.497 e. The summed E-state index contributed by atoms with van der Waals surface area (Å²) in [6, 6.07) is 22.3. The van der Waals surface area contributed by atoms with Crippen LogP contribution in [0.15, 0.2) is 83.9 Å². The average molecular weight is 590 g/mol. The molecule has 5 aromatic rings. The summed E-state index contributed by atoms with van der Waals surface area (Å²) in [5, 5.41) is 3.52. The number of benzene rings is 3. The van der Waals surface area contributed by atoms with E-state index in [1.807, 2.05) is 54.6 Å². The second-order valence-electron chi connectivity index (χ2n) is 9.18. The van der Waals surface area contributed by atoms with E-state index in [1.165, 1.54) is 34.9 Å². The molecule has 0 aliphatic rings. The summed E-state index contributed by atoms with van der Waals surface area (Å²) < 4.78 is 18.4. The Morgan fingerprint density at radius 2 is 1.76 bits per heavy atom. The first-order valence-electron chi connectivity index (χ1n) is 12.9. The lowest BCUT2D eigenvalue weighted by atomic mass is 10.1. The summed E-state index contributed by atoms with van der Waals surface area (Å²) in [6.07, 6.45) is 3.14. The summed E-state index contributed by atoms with van der Waals surface area (Å²) >= 11 is 7.39. The molecule has 8 nitrogen and oxygen atoms in total. The predicted molar refractivity (Wildman–Crippen MR) is 162 cm³/mol. The van der Waals surface area contributed by atoms with Crippen LogP contribution in [0, 0.1) is 0 Å². The topological polar surface area (TPSA) is 91.7 Å². The highest BCUT2D eigenvalue weighted by Gasteiger charge is 2.14. The molecule has 3 aromatic carbocycles. The van der Waals surface area contributed by atoms with Crippen LogP contribution in [0.25, 0.3) is 26.3 Å². The molecular formula is C31H28ClN3O5S. The molecule has 0 bridgehead atoms. The smallest absolute Gasteiger partial charge is 0.275 e. The van der Waals surface area contributed by atoms with Crippen LogP contribution >= 0.6 is 22.9 Å². The normalized spacial score (nSPS) is 10.9. The Balaban J connectivity index is 1.21. The number of fused-ring (bicyclic) bond motifs is 1. The number of ether oxygens (including phenoxy) is 3. The fourth-order valence-electron chi connectivity index (χ4n) is 4.28. The summed E-state index contributed by atoms with van der Waals surface area (Å²) in [4.78, 5) is 31.1. The molecule has 0 saturated heterocycles. The van der Waals surface area contributed by atoms with Crippen LogP contribution in [-0.2, 0) is 11.2 Å². The molecule has 0 unspecified atom stereocenters. The number of methoxy groups -OCH3 is 2. The van der Waals surface area contributed by atoms with Gasteiger partial charge in [-0.2, -0.15) is 0 Å². The number of rotatable bonds is 11. The Kier molecular flexibility index (Phi) is 8.86. The Morgan fingerprint density at radius 1 is 0.976 bits per heavy atom. The third kappa shape index (κ3) is 6.70. The van der Waals surface area contributed by atoms with Gasteiger partial charge in [-0.3, -0.25) is 14.2 Å². The molecule has 2 aromatic heterocycles. The average Bonchev–Trinajstić information content (AvgIpc) is 3.44. The zero-order valence-electron chi connectivity index (χ0n) is 22.6. The van der Waals surface area contributed by atoms with Gasteiger partial charge < -0.3 is 19.5 Å². The first kappa shape index (κ1) is 28.2. The van der Waals surface area contributed by atoms with E-state index >= 15 is 0 Å². The van der Waals surface area contributed by atoms with Crippen molar-refractivity contribution in [1.82, 2.24) is 14.9 Å². The van der Waals surface area contributed by atoms with E-state index in [0.29, 0.717) is 39.0 Å². The second kappa shape index (κ2) is 12.9. The predicted octanol–water partition coefficient (Wildman–Crippen LogP) is 5.91. The number of thiophene rings is 1. The summed E-state index contributed by atoms with van der Waals surface area (Å²) in [7, 11) is 3.15. The zero-order chi connectivity index (χ0) is 28.8. The summed E-state index contributed by atoms with van der Waals surface area (Å²) in [6.45, 7) is 0.375. The van der Waals surface area contributed by atoms with Gasteiger partial charge >= 0.3 is 0 Å². The number of halogens is 1. The van der Waals surface area contributed by atoms with Crippen molar-refractivity contribution in [3.8, 4) is 33.4 Å². The molecule has 0 saturated carbocycles. The summed E-state index contributed by atoms with van der Waals surface area (Å²) in [5.74, 6) is 1.38. The molecule has 0 atom stereocenters. The van der Waals surface area contributed by atoms with Crippen molar-refractivity contribution in [3.05, 3.63) is 100 Å². The lowest BCUT2D eigenvalue weighted by Crippen LogP contribution is -2.30. The molecule has 0 fully saturated rings. The van der Waals surface area contributed by atoms with Crippen LogP contribution in [0.1, 0.15) is 12.0 Å². The Bertz CT molecular complexity index is 1720. The highest BCUT2D eigenvalue weighted by molar-refractivity contribution is 7.22. The molecule has 2 heterocycles. The van der Waals surface area contributed by atoms with E-state index in [-0.39, 0.29) is 18.1 Å². The standard InChI is InChI=1S/C31H28ClN3O5S/c1-38-24-12-5-20(6-13-24)4-3-15-33-29(36)18-40-26-14-11-23(16-27(26)39-2)35-19-34-25-17-28(41-30(25)31(35)37)21-7-9-22(32)10-8-21/h5-14,16-17,19H,3-4,15,18H2,1-2H3,(H,33,36). The molecule has 210 valence electrons. The number of nitrogens with one attached hydrogen (secondary N) is 1. The zero-order valence-corrected chi connectivity index (χ0v) is 24.1. The molecule has 41 heavy (non-hydrogen) atoms. The Morgan fingerprint density at radius 3 is 2.49 bits per heavy atom. The molecule has 5 rings (SSSR count). The van der Waals surface area contributed by atoms with Crippen molar-refractivity contribution >= 4 is 39.1 Å². The molecule has 0 radical (unpaired) electrons. The van der Waals surface area contributed by atoms with Crippen LogP contribution in [-0.4, -0.2) is 42.8 Å². The number of hydrogen-bond acceptors (Lipinski definition) is 7. The highest BCUT2D eigenvalue weighted by Crippen LogP contribution is 2.33. The van der Waals surface area contributed by atoms with E-state index in [0.717, 1.165) is 29.0 Å². The van der Waals surface area contributed by atoms with Gasteiger partial charge in [0.15, 0.2) is 18.1 Å². The maximum atomic E-state index is 13.4. The SMILES string of the molecule is COc1ccc(CCCNC(=O)COc2ccc(-n3cnc4cc(-c5ccc(Cl)cc5)sc4c3=O)cc2OC)cc1. The lowest BCUT2D eigenvalue weighted by molar-refractivity contribution is -0.123. The maximum absolute atomic E-state index is 13.4. The number of nitrogens with zero attached hydrogens (tertiary/aromatic N) is 2. The van der Waals surface area contributed by atoms with Crippen molar-refractivity contribution in [2.45, 2.75) is 12.8 Å². The number of aryl methyl sites for hydroxylation is 1. The van der Waals surface area contributed by atoms with Gasteiger partial charge in [0.2, 0.25) is 0 Å². The molecule has 0 spiro atoms. The minimum absolute atomic E-state index is 0.158. The van der Waals surface area contributed by atoms with E-state index < -0.39 is 0 Å². The number of amides is 1. The monoisotopic (exact) mass is 589 g/mol. The van der Waals surface area contributed by atoms with E-state index in [9.17, 15) is 9.59 Å². The maximum Gasteiger partial charge on any atom is 0.275 e. The van der Waals surface area contributed by atoms with Gasteiger partial charge in [0.1, 0.15) is 16.8 Å². The molecule has 10 heteroatoms. The van der Waals surface area contributed by atoms with Crippen molar-refractivity contribution in [1.29, 1.82) is 0 Å². The molecule has 1 N–H and O–H groups in total. The van der Waals surface area contributed by atoms with Gasteiger partial charge in [0.25, 0.3) is 11.5 Å². The quantitative estimate of drug-likeness (QED) is 0.193. The fraction of sp³-hybridized carbons (Fsp3) is 0.194. The number of carbonyl (C=O) groups is 1. The van der Waals surface area contributed by atoms with Crippen LogP contribution in [0.5, 0.6) is 17.2 Å². The van der Waals surface area contributed by atoms with Crippen molar-refractivity contribution in [2.75, 3.05) is 27.4 Å². The van der Waals surface area contributed by atoms with Gasteiger partial charge in [0, 0.05) is 22.5 Å². The molecule has 0 aliphatic heterocycles. The Labute approximate surface area is 246 Å². The summed E-state index contributed by atoms with van der Waals surface area (Å²) in [5.41, 5.74) is 3.15. The van der Waals surface area contributed by atoms with Gasteiger partial charge in [-0.05, 0) is 66.4 Å². The fourth-order valence-corrected chi connectivity index (χ4v) is 5.46. The Hall–Kier alpha value is -4.34. The van der Waals surface area contributed by atoms with E-state index in [4.69, 9.17) is 25.8 Å². The van der Waals surface area contributed by atoms with E-state index in [2.05, 4.69) is 10.3 Å². The number of carbonyl (C=O) groups excluding carboxylic acids is 1. The first-order chi connectivity index (χ1) is 19.9. The van der Waals surface area contributed by atoms with Crippen LogP contribution < -0.4 is 25.1 Å². The van der Waals surface area contributed by atoms with Crippen LogP contribution in [0.2, 0.25) is 5.02 Å². The van der Waals surface area contributed by atoms with Crippen molar-refractivity contribution in [3.63, 3.8) is 0 Å². The first-order valence-corrected chi connectivity index (χ1v) is 14.1. The number of aromatic nitrogens is 2. The third-order valence-electron chi connectivity index (χ3n) is 6.47. The second-order valence-corrected chi connectivity index (χ2v) is 10.7. The van der Waals surface area contributed by atoms with Gasteiger partial charge in [-0.1, -0.05) is 35.9 Å². The van der Waals surface area contributed by atoms with Gasteiger partial charge in [0.05, 0.1) is 25.4 Å². The number of hydrogen-bond donors (Lipinski definition) is 1. The molecule has 1 amide bonds. The van der Waals surface area contributed by atoms with Gasteiger partial charge in [-0.15, -0.1) is 11.3 Å². The highest BCUT2D eigenvalue weighted by atomic mass is 35.5. The third-order valence-corrected chi connectivity index (χ3v) is 7.89. The minimum Gasteiger partial charge on any atom is -0.497 e. The van der Waals surface area contributed by atoms with Crippen LogP contribution in [0.3, 0.4) is 0 Å². The van der Waals surface area contributed by atoms with Crippen molar-refractivity contribution < 1.29 is 19.0 Å². The molecule has 0 aliphatic carbocycles. The minimum atomic E-state index is -0.231. The van der Waals surface area contributed by atoms with E-state index in [1.54, 1.807) is 25.3 Å². The lowest BCUT2D eigenvalue weighted by Gasteiger charge is -2.13. The molecular weight excluding hydrogens is 562 g/mol.